The van der Waals surface area contributed by atoms with E-state index in [9.17, 15) is 8.78 Å². The molecule has 1 aromatic carbocycles. The molecule has 15 heavy (non-hydrogen) atoms. The summed E-state index contributed by atoms with van der Waals surface area (Å²) in [6.45, 7) is 3.11. The van der Waals surface area contributed by atoms with Gasteiger partial charge in [-0.25, -0.2) is 8.78 Å². The Hall–Kier alpha value is -0.960. The maximum absolute atomic E-state index is 14.5. The number of benzene rings is 1. The quantitative estimate of drug-likeness (QED) is 0.753. The summed E-state index contributed by atoms with van der Waals surface area (Å²) < 4.78 is 27.6. The van der Waals surface area contributed by atoms with Crippen LogP contribution in [0.5, 0.6) is 0 Å². The van der Waals surface area contributed by atoms with E-state index in [1.807, 2.05) is 0 Å². The number of halogens is 2. The van der Waals surface area contributed by atoms with Gasteiger partial charge in [0.05, 0.1) is 0 Å². The lowest BCUT2D eigenvalue weighted by atomic mass is 9.86. The van der Waals surface area contributed by atoms with Crippen LogP contribution in [0.3, 0.4) is 0 Å². The Morgan fingerprint density at radius 2 is 1.87 bits per heavy atom. The van der Waals surface area contributed by atoms with E-state index in [1.165, 1.54) is 12.1 Å². The van der Waals surface area contributed by atoms with Crippen molar-refractivity contribution in [3.8, 4) is 0 Å². The molecule has 3 heteroatoms. The van der Waals surface area contributed by atoms with Crippen molar-refractivity contribution in [1.29, 1.82) is 0 Å². The summed E-state index contributed by atoms with van der Waals surface area (Å²) >= 11 is 0. The number of rotatable bonds is 1. The molecule has 1 saturated heterocycles. The number of nitrogens with one attached hydrogen (secondary N) is 1. The average Bonchev–Trinajstić information content (AvgIpc) is 2.17. The van der Waals surface area contributed by atoms with Crippen LogP contribution in [0.15, 0.2) is 18.2 Å². The van der Waals surface area contributed by atoms with Crippen molar-refractivity contribution in [2.24, 2.45) is 0 Å². The zero-order valence-electron chi connectivity index (χ0n) is 8.82. The second-order valence-corrected chi connectivity index (χ2v) is 4.23. The van der Waals surface area contributed by atoms with Crippen LogP contribution in [0.2, 0.25) is 0 Å². The maximum atomic E-state index is 14.5. The molecule has 0 spiro atoms. The summed E-state index contributed by atoms with van der Waals surface area (Å²) in [4.78, 5) is 0. The summed E-state index contributed by atoms with van der Waals surface area (Å²) in [6, 6.07) is 4.49. The van der Waals surface area contributed by atoms with E-state index in [1.54, 1.807) is 13.0 Å². The lowest BCUT2D eigenvalue weighted by molar-refractivity contribution is 0.115. The van der Waals surface area contributed by atoms with E-state index in [0.717, 1.165) is 5.56 Å². The van der Waals surface area contributed by atoms with Gasteiger partial charge in [0, 0.05) is 0 Å². The van der Waals surface area contributed by atoms with E-state index in [0.29, 0.717) is 31.5 Å². The van der Waals surface area contributed by atoms with E-state index in [-0.39, 0.29) is 5.82 Å². The van der Waals surface area contributed by atoms with Crippen molar-refractivity contribution in [1.82, 2.24) is 5.32 Å². The van der Waals surface area contributed by atoms with Crippen LogP contribution in [0.1, 0.15) is 24.0 Å². The molecule has 0 bridgehead atoms. The van der Waals surface area contributed by atoms with Gasteiger partial charge in [-0.3, -0.25) is 0 Å². The van der Waals surface area contributed by atoms with Crippen molar-refractivity contribution < 1.29 is 8.78 Å². The Morgan fingerprint density at radius 3 is 2.47 bits per heavy atom. The summed E-state index contributed by atoms with van der Waals surface area (Å²) in [5.41, 5.74) is -0.0833. The van der Waals surface area contributed by atoms with Gasteiger partial charge in [0.1, 0.15) is 11.5 Å². The highest BCUT2D eigenvalue weighted by Crippen LogP contribution is 2.35. The summed E-state index contributed by atoms with van der Waals surface area (Å²) in [5.74, 6) is -0.347. The molecule has 82 valence electrons. The Labute approximate surface area is 88.5 Å². The molecule has 0 saturated carbocycles. The monoisotopic (exact) mass is 211 g/mol. The minimum atomic E-state index is -1.35. The summed E-state index contributed by atoms with van der Waals surface area (Å²) in [7, 11) is 0. The first-order chi connectivity index (χ1) is 7.10. The molecule has 0 unspecified atom stereocenters. The van der Waals surface area contributed by atoms with Crippen LogP contribution in [0.4, 0.5) is 8.78 Å². The predicted octanol–water partition coefficient (Wildman–Crippen LogP) is 2.68. The average molecular weight is 211 g/mol. The molecule has 1 aliphatic rings. The first kappa shape index (κ1) is 10.6. The van der Waals surface area contributed by atoms with Gasteiger partial charge in [0.2, 0.25) is 0 Å². The lowest BCUT2D eigenvalue weighted by Gasteiger charge is -2.30. The minimum absolute atomic E-state index is 0.347. The zero-order chi connectivity index (χ0) is 10.9. The molecule has 0 atom stereocenters. The predicted molar refractivity (Wildman–Crippen MR) is 56.0 cm³/mol. The van der Waals surface area contributed by atoms with Gasteiger partial charge in [-0.1, -0.05) is 6.07 Å². The van der Waals surface area contributed by atoms with Crippen molar-refractivity contribution in [3.63, 3.8) is 0 Å². The molecule has 1 fully saturated rings. The van der Waals surface area contributed by atoms with Gasteiger partial charge >= 0.3 is 0 Å². The Balaban J connectivity index is 2.34. The van der Waals surface area contributed by atoms with E-state index < -0.39 is 5.67 Å². The third-order valence-electron chi connectivity index (χ3n) is 2.96. The molecule has 2 rings (SSSR count). The smallest absolute Gasteiger partial charge is 0.138 e. The number of hydrogen-bond donors (Lipinski definition) is 1. The van der Waals surface area contributed by atoms with Crippen LogP contribution in [0.25, 0.3) is 0 Å². The number of alkyl halides is 1. The standard InChI is InChI=1S/C12H15F2N/c1-9-6-10(8-11(13)7-9)12(14)2-4-15-5-3-12/h6-8,15H,2-5H2,1H3. The van der Waals surface area contributed by atoms with Crippen LogP contribution in [-0.4, -0.2) is 13.1 Å². The zero-order valence-corrected chi connectivity index (χ0v) is 8.82. The van der Waals surface area contributed by atoms with Crippen molar-refractivity contribution >= 4 is 0 Å². The minimum Gasteiger partial charge on any atom is -0.316 e. The third-order valence-corrected chi connectivity index (χ3v) is 2.96. The van der Waals surface area contributed by atoms with Gasteiger partial charge in [-0.15, -0.1) is 0 Å². The molecule has 1 aromatic rings. The van der Waals surface area contributed by atoms with Crippen LogP contribution in [-0.2, 0) is 5.67 Å². The van der Waals surface area contributed by atoms with Crippen molar-refractivity contribution in [2.75, 3.05) is 13.1 Å². The molecule has 1 aliphatic heterocycles. The summed E-state index contributed by atoms with van der Waals surface area (Å²) in [6.07, 6.45) is 0.853. The highest BCUT2D eigenvalue weighted by Gasteiger charge is 2.33. The highest BCUT2D eigenvalue weighted by molar-refractivity contribution is 5.29. The highest BCUT2D eigenvalue weighted by atomic mass is 19.1. The first-order valence-corrected chi connectivity index (χ1v) is 5.27. The van der Waals surface area contributed by atoms with Gasteiger partial charge < -0.3 is 5.32 Å². The van der Waals surface area contributed by atoms with E-state index >= 15 is 0 Å². The molecule has 0 amide bonds. The molecule has 0 radical (unpaired) electrons. The first-order valence-electron chi connectivity index (χ1n) is 5.27. The number of hydrogen-bond acceptors (Lipinski definition) is 1. The van der Waals surface area contributed by atoms with E-state index in [2.05, 4.69) is 5.32 Å². The number of piperidine rings is 1. The molecule has 1 heterocycles. The maximum Gasteiger partial charge on any atom is 0.138 e. The normalized spacial score (nSPS) is 20.2. The van der Waals surface area contributed by atoms with Gasteiger partial charge in [0.15, 0.2) is 0 Å². The lowest BCUT2D eigenvalue weighted by Crippen LogP contribution is -2.36. The number of aryl methyl sites for hydroxylation is 1. The molecule has 0 aliphatic carbocycles. The molecule has 0 aromatic heterocycles. The largest absolute Gasteiger partial charge is 0.316 e. The van der Waals surface area contributed by atoms with Crippen LogP contribution in [0, 0.1) is 12.7 Å². The second kappa shape index (κ2) is 3.89. The fraction of sp³-hybridized carbons (Fsp3) is 0.500. The fourth-order valence-electron chi connectivity index (χ4n) is 2.11. The Kier molecular flexibility index (Phi) is 2.74. The van der Waals surface area contributed by atoms with Crippen molar-refractivity contribution in [3.05, 3.63) is 35.1 Å². The van der Waals surface area contributed by atoms with Crippen LogP contribution >= 0.6 is 0 Å². The molecule has 1 N–H and O–H groups in total. The topological polar surface area (TPSA) is 12.0 Å². The Bertz CT molecular complexity index is 336. The van der Waals surface area contributed by atoms with Gasteiger partial charge in [-0.05, 0) is 56.1 Å². The SMILES string of the molecule is Cc1cc(F)cc(C2(F)CCNCC2)c1. The molecular formula is C12H15F2N. The summed E-state index contributed by atoms with van der Waals surface area (Å²) in [5, 5.41) is 3.11. The van der Waals surface area contributed by atoms with Crippen LogP contribution < -0.4 is 5.32 Å². The van der Waals surface area contributed by atoms with Gasteiger partial charge in [0.25, 0.3) is 0 Å². The molecule has 1 nitrogen and oxygen atoms in total. The molecular weight excluding hydrogens is 196 g/mol. The Morgan fingerprint density at radius 1 is 1.20 bits per heavy atom. The second-order valence-electron chi connectivity index (χ2n) is 4.23. The fourth-order valence-corrected chi connectivity index (χ4v) is 2.11. The van der Waals surface area contributed by atoms with Crippen molar-refractivity contribution in [2.45, 2.75) is 25.4 Å². The third kappa shape index (κ3) is 2.17. The van der Waals surface area contributed by atoms with E-state index in [4.69, 9.17) is 0 Å². The van der Waals surface area contributed by atoms with Gasteiger partial charge in [-0.2, -0.15) is 0 Å².